The summed E-state index contributed by atoms with van der Waals surface area (Å²) in [7, 11) is 3.10. The van der Waals surface area contributed by atoms with E-state index >= 15 is 0 Å². The number of ether oxygens (including phenoxy) is 2. The van der Waals surface area contributed by atoms with Crippen LogP contribution in [0.2, 0.25) is 0 Å². The SMILES string of the molecule is COc1ccc2c(NC(=O)[C@H](C)N(C)C(=O)OC(C)(C)C)n[nH]c2c1. The van der Waals surface area contributed by atoms with Crippen molar-refractivity contribution >= 4 is 28.7 Å². The molecule has 2 rings (SSSR count). The number of nitrogens with one attached hydrogen (secondary N) is 2. The fraction of sp³-hybridized carbons (Fsp3) is 0.471. The van der Waals surface area contributed by atoms with Crippen LogP contribution in [0.1, 0.15) is 27.7 Å². The summed E-state index contributed by atoms with van der Waals surface area (Å²) >= 11 is 0. The lowest BCUT2D eigenvalue weighted by atomic mass is 10.2. The highest BCUT2D eigenvalue weighted by Crippen LogP contribution is 2.24. The highest BCUT2D eigenvalue weighted by Gasteiger charge is 2.27. The summed E-state index contributed by atoms with van der Waals surface area (Å²) in [4.78, 5) is 25.8. The van der Waals surface area contributed by atoms with Gasteiger partial charge in [-0.05, 0) is 39.8 Å². The van der Waals surface area contributed by atoms with Crippen molar-refractivity contribution in [1.29, 1.82) is 0 Å². The summed E-state index contributed by atoms with van der Waals surface area (Å²) in [5.41, 5.74) is 0.113. The summed E-state index contributed by atoms with van der Waals surface area (Å²) < 4.78 is 10.4. The van der Waals surface area contributed by atoms with Gasteiger partial charge in [-0.25, -0.2) is 4.79 Å². The largest absolute Gasteiger partial charge is 0.497 e. The van der Waals surface area contributed by atoms with Crippen LogP contribution in [-0.4, -0.2) is 52.9 Å². The van der Waals surface area contributed by atoms with Crippen LogP contribution in [0, 0.1) is 0 Å². The molecule has 0 aliphatic rings. The van der Waals surface area contributed by atoms with Crippen molar-refractivity contribution in [2.45, 2.75) is 39.3 Å². The number of methoxy groups -OCH3 is 1. The van der Waals surface area contributed by atoms with Crippen molar-refractivity contribution in [2.75, 3.05) is 19.5 Å². The van der Waals surface area contributed by atoms with E-state index in [0.717, 1.165) is 10.9 Å². The smallest absolute Gasteiger partial charge is 0.410 e. The number of hydrogen-bond acceptors (Lipinski definition) is 5. The topological polar surface area (TPSA) is 96.6 Å². The standard InChI is InChI=1S/C17H24N4O4/c1-10(21(5)16(23)25-17(2,3)4)15(22)18-14-12-8-7-11(24-6)9-13(12)19-20-14/h7-10H,1-6H3,(H2,18,19,20,22)/t10-/m0/s1. The van der Waals surface area contributed by atoms with E-state index in [0.29, 0.717) is 11.6 Å². The van der Waals surface area contributed by atoms with Gasteiger partial charge in [-0.1, -0.05) is 0 Å². The van der Waals surface area contributed by atoms with Crippen LogP contribution in [0.3, 0.4) is 0 Å². The number of fused-ring (bicyclic) bond motifs is 1. The van der Waals surface area contributed by atoms with Crippen molar-refractivity contribution in [2.24, 2.45) is 0 Å². The predicted octanol–water partition coefficient (Wildman–Crippen LogP) is 2.77. The van der Waals surface area contributed by atoms with Crippen LogP contribution < -0.4 is 10.1 Å². The Bertz CT molecular complexity index is 779. The van der Waals surface area contributed by atoms with Gasteiger partial charge < -0.3 is 14.8 Å². The second-order valence-corrected chi connectivity index (χ2v) is 6.74. The number of benzene rings is 1. The molecule has 0 bridgehead atoms. The maximum absolute atomic E-state index is 12.4. The van der Waals surface area contributed by atoms with E-state index in [1.807, 2.05) is 0 Å². The van der Waals surface area contributed by atoms with Crippen molar-refractivity contribution in [1.82, 2.24) is 15.1 Å². The highest BCUT2D eigenvalue weighted by atomic mass is 16.6. The van der Waals surface area contributed by atoms with Crippen molar-refractivity contribution in [3.8, 4) is 5.75 Å². The van der Waals surface area contributed by atoms with Gasteiger partial charge in [0.1, 0.15) is 17.4 Å². The van der Waals surface area contributed by atoms with Crippen molar-refractivity contribution in [3.05, 3.63) is 18.2 Å². The number of carbonyl (C=O) groups excluding carboxylic acids is 2. The van der Waals surface area contributed by atoms with E-state index in [1.54, 1.807) is 53.0 Å². The summed E-state index contributed by atoms with van der Waals surface area (Å²) in [6, 6.07) is 4.65. The lowest BCUT2D eigenvalue weighted by Gasteiger charge is -2.27. The molecule has 0 saturated heterocycles. The fourth-order valence-corrected chi connectivity index (χ4v) is 2.11. The van der Waals surface area contributed by atoms with Crippen LogP contribution >= 0.6 is 0 Å². The second-order valence-electron chi connectivity index (χ2n) is 6.74. The first-order chi connectivity index (χ1) is 11.6. The van der Waals surface area contributed by atoms with Crippen LogP contribution in [-0.2, 0) is 9.53 Å². The molecule has 0 spiro atoms. The third-order valence-electron chi connectivity index (χ3n) is 3.65. The zero-order chi connectivity index (χ0) is 18.8. The number of aromatic amines is 1. The summed E-state index contributed by atoms with van der Waals surface area (Å²) in [5, 5.41) is 10.4. The van der Waals surface area contributed by atoms with Gasteiger partial charge in [-0.2, -0.15) is 5.10 Å². The molecule has 2 amide bonds. The highest BCUT2D eigenvalue weighted by molar-refractivity contribution is 6.02. The van der Waals surface area contributed by atoms with Gasteiger partial charge in [0.05, 0.1) is 12.6 Å². The number of carbonyl (C=O) groups is 2. The molecule has 136 valence electrons. The number of anilines is 1. The van der Waals surface area contributed by atoms with Crippen LogP contribution in [0.5, 0.6) is 5.75 Å². The monoisotopic (exact) mass is 348 g/mol. The molecule has 25 heavy (non-hydrogen) atoms. The molecule has 0 aliphatic carbocycles. The number of H-pyrrole nitrogens is 1. The van der Waals surface area contributed by atoms with Crippen LogP contribution in [0.15, 0.2) is 18.2 Å². The van der Waals surface area contributed by atoms with Crippen LogP contribution in [0.4, 0.5) is 10.6 Å². The minimum absolute atomic E-state index is 0.363. The molecule has 0 saturated carbocycles. The van der Waals surface area contributed by atoms with Crippen molar-refractivity contribution in [3.63, 3.8) is 0 Å². The Kier molecular flexibility index (Phi) is 5.20. The summed E-state index contributed by atoms with van der Waals surface area (Å²) in [6.45, 7) is 6.94. The first kappa shape index (κ1) is 18.6. The van der Waals surface area contributed by atoms with Crippen LogP contribution in [0.25, 0.3) is 10.9 Å². The van der Waals surface area contributed by atoms with E-state index in [2.05, 4.69) is 15.5 Å². The number of rotatable bonds is 4. The predicted molar refractivity (Wildman–Crippen MR) is 94.7 cm³/mol. The molecule has 1 aromatic heterocycles. The Balaban J connectivity index is 2.09. The van der Waals surface area contributed by atoms with Gasteiger partial charge >= 0.3 is 6.09 Å². The Morgan fingerprint density at radius 3 is 2.60 bits per heavy atom. The third kappa shape index (κ3) is 4.40. The lowest BCUT2D eigenvalue weighted by Crippen LogP contribution is -2.45. The minimum Gasteiger partial charge on any atom is -0.497 e. The van der Waals surface area contributed by atoms with Gasteiger partial charge in [0.15, 0.2) is 5.82 Å². The zero-order valence-electron chi connectivity index (χ0n) is 15.3. The molecule has 0 radical (unpaired) electrons. The second kappa shape index (κ2) is 7.00. The average molecular weight is 348 g/mol. The van der Waals surface area contributed by atoms with Gasteiger partial charge in [0.2, 0.25) is 5.91 Å². The fourth-order valence-electron chi connectivity index (χ4n) is 2.11. The molecule has 2 aromatic rings. The van der Waals surface area contributed by atoms with Gasteiger partial charge in [-0.15, -0.1) is 0 Å². The minimum atomic E-state index is -0.722. The molecule has 8 nitrogen and oxygen atoms in total. The maximum atomic E-state index is 12.4. The average Bonchev–Trinajstić information content (AvgIpc) is 2.93. The molecule has 2 N–H and O–H groups in total. The molecule has 1 aromatic carbocycles. The summed E-state index contributed by atoms with van der Waals surface area (Å²) in [5.74, 6) is 0.719. The lowest BCUT2D eigenvalue weighted by molar-refractivity contribution is -0.120. The quantitative estimate of drug-likeness (QED) is 0.885. The third-order valence-corrected chi connectivity index (χ3v) is 3.65. The maximum Gasteiger partial charge on any atom is 0.410 e. The Morgan fingerprint density at radius 2 is 2.00 bits per heavy atom. The van der Waals surface area contributed by atoms with E-state index < -0.39 is 17.7 Å². The number of amides is 2. The Hall–Kier alpha value is -2.77. The van der Waals surface area contributed by atoms with E-state index in [1.165, 1.54) is 11.9 Å². The first-order valence-electron chi connectivity index (χ1n) is 7.91. The van der Waals surface area contributed by atoms with E-state index in [-0.39, 0.29) is 5.91 Å². The van der Waals surface area contributed by atoms with Gasteiger partial charge in [0, 0.05) is 18.5 Å². The van der Waals surface area contributed by atoms with E-state index in [9.17, 15) is 9.59 Å². The molecule has 0 fully saturated rings. The Labute approximate surface area is 146 Å². The molecular weight excluding hydrogens is 324 g/mol. The molecule has 0 unspecified atom stereocenters. The van der Waals surface area contributed by atoms with E-state index in [4.69, 9.17) is 9.47 Å². The Morgan fingerprint density at radius 1 is 1.32 bits per heavy atom. The zero-order valence-corrected chi connectivity index (χ0v) is 15.3. The number of likely N-dealkylation sites (N-methyl/N-ethyl adjacent to an activating group) is 1. The van der Waals surface area contributed by atoms with Gasteiger partial charge in [-0.3, -0.25) is 14.8 Å². The molecular formula is C17H24N4O4. The number of nitrogens with zero attached hydrogens (tertiary/aromatic N) is 2. The number of aromatic nitrogens is 2. The molecule has 1 atom stereocenters. The van der Waals surface area contributed by atoms with Crippen molar-refractivity contribution < 1.29 is 19.1 Å². The summed E-state index contributed by atoms with van der Waals surface area (Å²) in [6.07, 6.45) is -0.563. The normalized spacial score (nSPS) is 12.6. The number of hydrogen-bond donors (Lipinski definition) is 2. The molecule has 0 aliphatic heterocycles. The molecule has 1 heterocycles. The van der Waals surface area contributed by atoms with Gasteiger partial charge in [0.25, 0.3) is 0 Å². The first-order valence-corrected chi connectivity index (χ1v) is 7.91. The molecule has 8 heteroatoms.